The van der Waals surface area contributed by atoms with E-state index < -0.39 is 0 Å². The highest BCUT2D eigenvalue weighted by Gasteiger charge is 2.44. The first kappa shape index (κ1) is 11.0. The molecule has 1 saturated carbocycles. The minimum atomic E-state index is 0.748. The van der Waals surface area contributed by atoms with E-state index in [9.17, 15) is 0 Å². The van der Waals surface area contributed by atoms with Crippen molar-refractivity contribution in [2.24, 2.45) is 17.8 Å². The van der Waals surface area contributed by atoms with Gasteiger partial charge in [0.1, 0.15) is 0 Å². The first-order valence-electron chi connectivity index (χ1n) is 7.11. The Morgan fingerprint density at radius 3 is 2.00 bits per heavy atom. The molecule has 3 rings (SSSR count). The van der Waals surface area contributed by atoms with Gasteiger partial charge < -0.3 is 0 Å². The molecule has 0 aromatic rings. The van der Waals surface area contributed by atoms with Crippen molar-refractivity contribution in [3.05, 3.63) is 0 Å². The molecule has 0 bridgehead atoms. The second-order valence-corrected chi connectivity index (χ2v) is 6.75. The van der Waals surface area contributed by atoms with Crippen LogP contribution in [0.2, 0.25) is 0 Å². The summed E-state index contributed by atoms with van der Waals surface area (Å²) in [5.41, 5.74) is 0. The molecule has 2 heteroatoms. The largest absolute Gasteiger partial charge is 0.298 e. The Kier molecular flexibility index (Phi) is 2.75. The minimum Gasteiger partial charge on any atom is -0.298 e. The van der Waals surface area contributed by atoms with Gasteiger partial charge in [-0.15, -0.1) is 0 Å². The fourth-order valence-electron chi connectivity index (χ4n) is 4.08. The molecule has 2 heterocycles. The van der Waals surface area contributed by atoms with Crippen LogP contribution in [0.5, 0.6) is 0 Å². The summed E-state index contributed by atoms with van der Waals surface area (Å²) in [6.45, 7) is 12.5. The fraction of sp³-hybridized carbons (Fsp3) is 1.00. The molecule has 1 aliphatic carbocycles. The number of hydrogen-bond acceptors (Lipinski definition) is 2. The lowest BCUT2D eigenvalue weighted by molar-refractivity contribution is 0.0214. The van der Waals surface area contributed by atoms with Gasteiger partial charge in [-0.1, -0.05) is 6.92 Å². The molecule has 3 fully saturated rings. The molecular weight excluding hydrogens is 196 g/mol. The van der Waals surface area contributed by atoms with Crippen LogP contribution in [0.15, 0.2) is 0 Å². The zero-order valence-corrected chi connectivity index (χ0v) is 11.0. The normalized spacial score (nSPS) is 41.6. The third-order valence-corrected chi connectivity index (χ3v) is 5.15. The van der Waals surface area contributed by atoms with E-state index in [1.165, 1.54) is 39.0 Å². The summed E-state index contributed by atoms with van der Waals surface area (Å²) in [7, 11) is 0. The summed E-state index contributed by atoms with van der Waals surface area (Å²) in [6.07, 6.45) is 3.00. The van der Waals surface area contributed by atoms with E-state index in [4.69, 9.17) is 0 Å². The smallest absolute Gasteiger partial charge is 0.0350 e. The number of rotatable bonds is 2. The molecule has 0 radical (unpaired) electrons. The topological polar surface area (TPSA) is 6.48 Å². The van der Waals surface area contributed by atoms with Crippen molar-refractivity contribution < 1.29 is 0 Å². The maximum absolute atomic E-state index is 2.79. The molecule has 1 unspecified atom stereocenters. The highest BCUT2D eigenvalue weighted by atomic mass is 15.3. The van der Waals surface area contributed by atoms with Crippen LogP contribution in [-0.4, -0.2) is 48.1 Å². The third kappa shape index (κ3) is 1.80. The van der Waals surface area contributed by atoms with Gasteiger partial charge in [-0.3, -0.25) is 9.80 Å². The molecule has 3 atom stereocenters. The number of fused-ring (bicyclic) bond motifs is 1. The number of hydrogen-bond donors (Lipinski definition) is 0. The highest BCUT2D eigenvalue weighted by molar-refractivity contribution is 4.98. The van der Waals surface area contributed by atoms with Crippen LogP contribution in [0.1, 0.15) is 33.6 Å². The maximum Gasteiger partial charge on any atom is 0.0350 e. The zero-order valence-electron chi connectivity index (χ0n) is 11.0. The second kappa shape index (κ2) is 3.99. The second-order valence-electron chi connectivity index (χ2n) is 6.75. The van der Waals surface area contributed by atoms with Gasteiger partial charge in [-0.05, 0) is 44.4 Å². The fourth-order valence-corrected chi connectivity index (χ4v) is 4.08. The van der Waals surface area contributed by atoms with Gasteiger partial charge in [0.15, 0.2) is 0 Å². The molecule has 3 aliphatic rings. The monoisotopic (exact) mass is 222 g/mol. The van der Waals surface area contributed by atoms with E-state index in [1.54, 1.807) is 0 Å². The van der Waals surface area contributed by atoms with Crippen molar-refractivity contribution in [3.8, 4) is 0 Å². The van der Waals surface area contributed by atoms with Crippen molar-refractivity contribution in [2.45, 2.75) is 45.7 Å². The molecule has 2 nitrogen and oxygen atoms in total. The zero-order chi connectivity index (χ0) is 11.3. The Balaban J connectivity index is 1.50. The van der Waals surface area contributed by atoms with Crippen LogP contribution in [0.3, 0.4) is 0 Å². The molecule has 0 N–H and O–H groups in total. The van der Waals surface area contributed by atoms with Crippen LogP contribution in [0, 0.1) is 17.8 Å². The van der Waals surface area contributed by atoms with Crippen LogP contribution in [0.25, 0.3) is 0 Å². The van der Waals surface area contributed by atoms with Crippen LogP contribution >= 0.6 is 0 Å². The van der Waals surface area contributed by atoms with Gasteiger partial charge in [0.25, 0.3) is 0 Å². The van der Waals surface area contributed by atoms with Gasteiger partial charge in [0.2, 0.25) is 0 Å². The van der Waals surface area contributed by atoms with Crippen molar-refractivity contribution in [2.75, 3.05) is 26.2 Å². The van der Waals surface area contributed by atoms with E-state index in [1.807, 2.05) is 0 Å². The van der Waals surface area contributed by atoms with E-state index in [0.29, 0.717) is 0 Å². The van der Waals surface area contributed by atoms with Crippen molar-refractivity contribution >= 4 is 0 Å². The molecule has 2 saturated heterocycles. The standard InChI is InChI=1S/C14H26N2/c1-10(2)15-8-14(9-15)16-6-12-4-11(3)5-13(12)7-16/h10-14H,4-9H2,1-3H3/t11?,12-,13+. The summed E-state index contributed by atoms with van der Waals surface area (Å²) >= 11 is 0. The summed E-state index contributed by atoms with van der Waals surface area (Å²) in [6, 6.07) is 1.64. The summed E-state index contributed by atoms with van der Waals surface area (Å²) in [4.78, 5) is 5.39. The molecule has 0 amide bonds. The average Bonchev–Trinajstić information content (AvgIpc) is 2.56. The van der Waals surface area contributed by atoms with Gasteiger partial charge in [0, 0.05) is 38.3 Å². The molecule has 16 heavy (non-hydrogen) atoms. The van der Waals surface area contributed by atoms with Gasteiger partial charge in [-0.25, -0.2) is 0 Å². The van der Waals surface area contributed by atoms with E-state index in [2.05, 4.69) is 30.6 Å². The Labute approximate surface area is 100.0 Å². The molecule has 2 aliphatic heterocycles. The van der Waals surface area contributed by atoms with E-state index in [0.717, 1.165) is 29.8 Å². The highest BCUT2D eigenvalue weighted by Crippen LogP contribution is 2.42. The first-order chi connectivity index (χ1) is 7.63. The Hall–Kier alpha value is -0.0800. The van der Waals surface area contributed by atoms with E-state index in [-0.39, 0.29) is 0 Å². The Bertz CT molecular complexity index is 243. The molecule has 0 aromatic heterocycles. The van der Waals surface area contributed by atoms with Crippen LogP contribution in [-0.2, 0) is 0 Å². The lowest BCUT2D eigenvalue weighted by Crippen LogP contribution is -2.60. The third-order valence-electron chi connectivity index (χ3n) is 5.15. The lowest BCUT2D eigenvalue weighted by atomic mass is 10.0. The molecule has 92 valence electrons. The number of nitrogens with zero attached hydrogens (tertiary/aromatic N) is 2. The Morgan fingerprint density at radius 2 is 1.50 bits per heavy atom. The van der Waals surface area contributed by atoms with Crippen molar-refractivity contribution in [3.63, 3.8) is 0 Å². The van der Waals surface area contributed by atoms with Crippen molar-refractivity contribution in [1.29, 1.82) is 0 Å². The van der Waals surface area contributed by atoms with Gasteiger partial charge in [0.05, 0.1) is 0 Å². The summed E-state index contributed by atoms with van der Waals surface area (Å²) in [5.74, 6) is 3.09. The first-order valence-corrected chi connectivity index (χ1v) is 7.11. The number of likely N-dealkylation sites (tertiary alicyclic amines) is 2. The predicted octanol–water partition coefficient (Wildman–Crippen LogP) is 2.06. The van der Waals surface area contributed by atoms with Crippen molar-refractivity contribution in [1.82, 2.24) is 9.80 Å². The predicted molar refractivity (Wildman–Crippen MR) is 67.4 cm³/mol. The minimum absolute atomic E-state index is 0.748. The molecule has 0 spiro atoms. The SMILES string of the molecule is CC1C[C@@H]2CN(C3CN(C(C)C)C3)C[C@@H]2C1. The van der Waals surface area contributed by atoms with Crippen LogP contribution < -0.4 is 0 Å². The molecule has 0 aromatic carbocycles. The maximum atomic E-state index is 2.79. The van der Waals surface area contributed by atoms with Crippen LogP contribution in [0.4, 0.5) is 0 Å². The summed E-state index contributed by atoms with van der Waals surface area (Å²) < 4.78 is 0. The van der Waals surface area contributed by atoms with Gasteiger partial charge >= 0.3 is 0 Å². The quantitative estimate of drug-likeness (QED) is 0.705. The van der Waals surface area contributed by atoms with E-state index >= 15 is 0 Å². The molecular formula is C14H26N2. The van der Waals surface area contributed by atoms with Gasteiger partial charge in [-0.2, -0.15) is 0 Å². The Morgan fingerprint density at radius 1 is 0.938 bits per heavy atom. The lowest BCUT2D eigenvalue weighted by Gasteiger charge is -2.46. The summed E-state index contributed by atoms with van der Waals surface area (Å²) in [5, 5.41) is 0. The average molecular weight is 222 g/mol.